The summed E-state index contributed by atoms with van der Waals surface area (Å²) in [5.41, 5.74) is 1.34. The summed E-state index contributed by atoms with van der Waals surface area (Å²) in [7, 11) is -0.869. The Morgan fingerprint density at radius 1 is 1.23 bits per heavy atom. The molecule has 7 heteroatoms. The molecule has 0 amide bonds. The molecule has 0 bridgehead atoms. The minimum atomic E-state index is -2.21. The first kappa shape index (κ1) is 20.2. The number of para-hydroxylation sites is 1. The fraction of sp³-hybridized carbons (Fsp3) is 0.474. The van der Waals surface area contributed by atoms with Gasteiger partial charge >= 0.3 is 12.1 Å². The minimum Gasteiger partial charge on any atom is -0.467 e. The Labute approximate surface area is 154 Å². The van der Waals surface area contributed by atoms with E-state index in [1.807, 2.05) is 12.1 Å². The number of aromatic nitrogens is 1. The normalized spacial score (nSPS) is 13.6. The van der Waals surface area contributed by atoms with Gasteiger partial charge in [0.2, 0.25) is 0 Å². The van der Waals surface area contributed by atoms with Crippen LogP contribution in [0.25, 0.3) is 10.9 Å². The molecular weight excluding hydrogens is 350 g/mol. The van der Waals surface area contributed by atoms with Crippen molar-refractivity contribution in [2.24, 2.45) is 0 Å². The molecule has 142 valence electrons. The quantitative estimate of drug-likeness (QED) is 0.622. The van der Waals surface area contributed by atoms with E-state index in [9.17, 15) is 14.7 Å². The first-order chi connectivity index (χ1) is 12.0. The van der Waals surface area contributed by atoms with Crippen molar-refractivity contribution in [3.63, 3.8) is 0 Å². The van der Waals surface area contributed by atoms with E-state index in [1.54, 1.807) is 18.3 Å². The van der Waals surface area contributed by atoms with Crippen molar-refractivity contribution >= 4 is 31.3 Å². The van der Waals surface area contributed by atoms with Gasteiger partial charge in [-0.3, -0.25) is 4.57 Å². The average Bonchev–Trinajstić information content (AvgIpc) is 2.91. The van der Waals surface area contributed by atoms with Crippen molar-refractivity contribution in [3.8, 4) is 0 Å². The van der Waals surface area contributed by atoms with Gasteiger partial charge in [0.1, 0.15) is 6.10 Å². The number of rotatable bonds is 5. The zero-order valence-electron chi connectivity index (χ0n) is 16.2. The molecule has 6 nitrogen and oxygen atoms in total. The van der Waals surface area contributed by atoms with Gasteiger partial charge in [0.05, 0.1) is 12.6 Å². The largest absolute Gasteiger partial charge is 0.467 e. The molecule has 0 aliphatic carbocycles. The molecule has 0 unspecified atom stereocenters. The van der Waals surface area contributed by atoms with Gasteiger partial charge in [0, 0.05) is 18.0 Å². The highest BCUT2D eigenvalue weighted by atomic mass is 28.4. The maximum absolute atomic E-state index is 12.3. The number of hydrogen-bond acceptors (Lipinski definition) is 4. The Morgan fingerprint density at radius 3 is 2.38 bits per heavy atom. The number of esters is 1. The smallest absolute Gasteiger partial charge is 0.416 e. The first-order valence-electron chi connectivity index (χ1n) is 8.56. The van der Waals surface area contributed by atoms with Gasteiger partial charge in [-0.2, -0.15) is 0 Å². The fourth-order valence-electron chi connectivity index (χ4n) is 2.61. The second-order valence-electron chi connectivity index (χ2n) is 7.92. The van der Waals surface area contributed by atoms with Gasteiger partial charge in [-0.05, 0) is 29.8 Å². The SMILES string of the molecule is COC(=O)[C@H](Cc1cn(C(=O)O)c2ccccc12)O[Si](C)(C)C(C)(C)C. The Balaban J connectivity index is 2.43. The molecule has 2 aromatic rings. The predicted molar refractivity (Wildman–Crippen MR) is 103 cm³/mol. The van der Waals surface area contributed by atoms with Crippen LogP contribution < -0.4 is 0 Å². The highest BCUT2D eigenvalue weighted by Crippen LogP contribution is 2.38. The summed E-state index contributed by atoms with van der Waals surface area (Å²) >= 11 is 0. The van der Waals surface area contributed by atoms with Crippen molar-refractivity contribution < 1.29 is 23.9 Å². The summed E-state index contributed by atoms with van der Waals surface area (Å²) in [5, 5.41) is 10.2. The van der Waals surface area contributed by atoms with E-state index in [2.05, 4.69) is 33.9 Å². The minimum absolute atomic E-state index is 0.0612. The van der Waals surface area contributed by atoms with Crippen molar-refractivity contribution in [1.82, 2.24) is 4.57 Å². The van der Waals surface area contributed by atoms with Gasteiger partial charge in [-0.25, -0.2) is 9.59 Å². The van der Waals surface area contributed by atoms with Crippen LogP contribution in [0.3, 0.4) is 0 Å². The summed E-state index contributed by atoms with van der Waals surface area (Å²) in [6.45, 7) is 10.4. The number of carbonyl (C=O) groups is 2. The molecular formula is C19H27NO5Si. The fourth-order valence-corrected chi connectivity index (χ4v) is 3.85. The molecule has 1 aromatic heterocycles. The van der Waals surface area contributed by atoms with E-state index >= 15 is 0 Å². The van der Waals surface area contributed by atoms with Crippen LogP contribution in [0.1, 0.15) is 26.3 Å². The van der Waals surface area contributed by atoms with Gasteiger partial charge < -0.3 is 14.3 Å². The van der Waals surface area contributed by atoms with Crippen LogP contribution in [0.2, 0.25) is 18.1 Å². The zero-order chi connectivity index (χ0) is 19.7. The number of carboxylic acid groups (broad SMARTS) is 1. The number of hydrogen-bond donors (Lipinski definition) is 1. The van der Waals surface area contributed by atoms with Crippen LogP contribution in [0.4, 0.5) is 4.79 Å². The second kappa shape index (κ2) is 7.24. The van der Waals surface area contributed by atoms with E-state index in [0.717, 1.165) is 10.9 Å². The molecule has 0 radical (unpaired) electrons. The van der Waals surface area contributed by atoms with Crippen LogP contribution in [-0.4, -0.2) is 43.3 Å². The summed E-state index contributed by atoms with van der Waals surface area (Å²) in [4.78, 5) is 23.9. The maximum atomic E-state index is 12.3. The number of methoxy groups -OCH3 is 1. The van der Waals surface area contributed by atoms with Crippen LogP contribution in [0.15, 0.2) is 30.5 Å². The Hall–Kier alpha value is -2.12. The highest BCUT2D eigenvalue weighted by molar-refractivity contribution is 6.74. The van der Waals surface area contributed by atoms with Crippen molar-refractivity contribution in [3.05, 3.63) is 36.0 Å². The van der Waals surface area contributed by atoms with Gasteiger partial charge in [0.25, 0.3) is 0 Å². The Bertz CT molecular complexity index is 819. The van der Waals surface area contributed by atoms with Crippen LogP contribution in [-0.2, 0) is 20.4 Å². The lowest BCUT2D eigenvalue weighted by atomic mass is 10.1. The van der Waals surface area contributed by atoms with Crippen molar-refractivity contribution in [2.75, 3.05) is 7.11 Å². The molecule has 26 heavy (non-hydrogen) atoms. The number of nitrogens with zero attached hydrogens (tertiary/aromatic N) is 1. The third-order valence-corrected chi connectivity index (χ3v) is 9.60. The monoisotopic (exact) mass is 377 g/mol. The first-order valence-corrected chi connectivity index (χ1v) is 11.5. The summed E-state index contributed by atoms with van der Waals surface area (Å²) in [5.74, 6) is -0.443. The molecule has 0 aliphatic heterocycles. The van der Waals surface area contributed by atoms with E-state index < -0.39 is 26.5 Å². The number of fused-ring (bicyclic) bond motifs is 1. The van der Waals surface area contributed by atoms with Gasteiger partial charge in [-0.1, -0.05) is 39.0 Å². The Kier molecular flexibility index (Phi) is 5.63. The summed E-state index contributed by atoms with van der Waals surface area (Å²) in [6.07, 6.45) is -0.0147. The van der Waals surface area contributed by atoms with E-state index in [-0.39, 0.29) is 11.5 Å². The Morgan fingerprint density at radius 2 is 1.85 bits per heavy atom. The van der Waals surface area contributed by atoms with Gasteiger partial charge in [0.15, 0.2) is 8.32 Å². The lowest BCUT2D eigenvalue weighted by Gasteiger charge is -2.38. The summed E-state index contributed by atoms with van der Waals surface area (Å²) in [6, 6.07) is 7.23. The zero-order valence-corrected chi connectivity index (χ0v) is 17.2. The molecule has 1 heterocycles. The van der Waals surface area contributed by atoms with Crippen LogP contribution in [0.5, 0.6) is 0 Å². The molecule has 1 N–H and O–H groups in total. The molecule has 1 atom stereocenters. The van der Waals surface area contributed by atoms with Crippen molar-refractivity contribution in [1.29, 1.82) is 0 Å². The molecule has 0 aliphatic rings. The molecule has 0 fully saturated rings. The summed E-state index contributed by atoms with van der Waals surface area (Å²) < 4.78 is 12.4. The number of carbonyl (C=O) groups excluding carboxylic acids is 1. The van der Waals surface area contributed by atoms with E-state index in [0.29, 0.717) is 5.52 Å². The second-order valence-corrected chi connectivity index (χ2v) is 12.7. The third-order valence-electron chi connectivity index (χ3n) is 5.11. The van der Waals surface area contributed by atoms with E-state index in [4.69, 9.17) is 9.16 Å². The van der Waals surface area contributed by atoms with Crippen molar-refractivity contribution in [2.45, 2.75) is 51.4 Å². The molecule has 1 aromatic carbocycles. The van der Waals surface area contributed by atoms with Crippen LogP contribution >= 0.6 is 0 Å². The third kappa shape index (κ3) is 3.99. The van der Waals surface area contributed by atoms with Crippen LogP contribution in [0, 0.1) is 0 Å². The average molecular weight is 378 g/mol. The predicted octanol–water partition coefficient (Wildman–Crippen LogP) is 4.27. The lowest BCUT2D eigenvalue weighted by molar-refractivity contribution is -0.149. The number of benzene rings is 1. The molecule has 2 rings (SSSR count). The lowest BCUT2D eigenvalue weighted by Crippen LogP contribution is -2.47. The van der Waals surface area contributed by atoms with Gasteiger partial charge in [-0.15, -0.1) is 0 Å². The topological polar surface area (TPSA) is 77.8 Å². The highest BCUT2D eigenvalue weighted by Gasteiger charge is 2.41. The number of ether oxygens (including phenoxy) is 1. The molecule has 0 saturated carbocycles. The molecule has 0 spiro atoms. The molecule has 0 saturated heterocycles. The van der Waals surface area contributed by atoms with E-state index in [1.165, 1.54) is 11.7 Å². The maximum Gasteiger partial charge on any atom is 0.416 e. The standard InChI is InChI=1S/C19H27NO5Si/c1-19(2,3)26(5,6)25-16(17(21)24-4)11-13-12-20(18(22)23)15-10-8-7-9-14(13)15/h7-10,12,16H,11H2,1-6H3,(H,22,23)/t16-/m0/s1.